The number of anilines is 1. The molecule has 0 bridgehead atoms. The predicted octanol–water partition coefficient (Wildman–Crippen LogP) is 4.55. The summed E-state index contributed by atoms with van der Waals surface area (Å²) in [6, 6.07) is 16.4. The molecule has 4 aromatic rings. The number of benzene rings is 1. The van der Waals surface area contributed by atoms with Gasteiger partial charge in [-0.25, -0.2) is 9.50 Å². The second kappa shape index (κ2) is 8.51. The van der Waals surface area contributed by atoms with Gasteiger partial charge in [0, 0.05) is 31.4 Å². The number of rotatable bonds is 5. The highest BCUT2D eigenvalue weighted by molar-refractivity contribution is 7.13. The van der Waals surface area contributed by atoms with Crippen molar-refractivity contribution in [3.63, 3.8) is 0 Å². The fourth-order valence-electron chi connectivity index (χ4n) is 4.21. The van der Waals surface area contributed by atoms with Crippen molar-refractivity contribution in [1.29, 1.82) is 0 Å². The van der Waals surface area contributed by atoms with Gasteiger partial charge in [0.05, 0.1) is 10.9 Å². The molecule has 1 atom stereocenters. The van der Waals surface area contributed by atoms with Crippen molar-refractivity contribution in [2.75, 3.05) is 18.0 Å². The third-order valence-electron chi connectivity index (χ3n) is 5.97. The van der Waals surface area contributed by atoms with Gasteiger partial charge in [-0.3, -0.25) is 4.79 Å². The summed E-state index contributed by atoms with van der Waals surface area (Å²) in [5.41, 5.74) is 3.10. The number of fused-ring (bicyclic) bond motifs is 1. The fraction of sp³-hybridized carbons (Fsp3) is 0.292. The van der Waals surface area contributed by atoms with Crippen LogP contribution in [-0.2, 0) is 4.79 Å². The van der Waals surface area contributed by atoms with Gasteiger partial charge in [-0.05, 0) is 42.8 Å². The van der Waals surface area contributed by atoms with E-state index in [4.69, 9.17) is 5.10 Å². The molecule has 7 heteroatoms. The largest absolute Gasteiger partial charge is 0.355 e. The molecule has 158 valence electrons. The summed E-state index contributed by atoms with van der Waals surface area (Å²) in [4.78, 5) is 20.9. The number of carbonyl (C=O) groups excluding carboxylic acids is 1. The average molecular weight is 432 g/mol. The quantitative estimate of drug-likeness (QED) is 0.504. The van der Waals surface area contributed by atoms with Gasteiger partial charge in [-0.1, -0.05) is 36.4 Å². The van der Waals surface area contributed by atoms with Crippen LogP contribution < -0.4 is 10.2 Å². The van der Waals surface area contributed by atoms with Gasteiger partial charge < -0.3 is 10.2 Å². The lowest BCUT2D eigenvalue weighted by molar-refractivity contribution is -0.126. The lowest BCUT2D eigenvalue weighted by atomic mass is 9.95. The topological polar surface area (TPSA) is 62.5 Å². The van der Waals surface area contributed by atoms with E-state index in [9.17, 15) is 4.79 Å². The first-order valence-electron chi connectivity index (χ1n) is 10.7. The van der Waals surface area contributed by atoms with Gasteiger partial charge in [-0.2, -0.15) is 5.10 Å². The minimum Gasteiger partial charge on any atom is -0.355 e. The Morgan fingerprint density at radius 1 is 1.16 bits per heavy atom. The van der Waals surface area contributed by atoms with Crippen LogP contribution in [-0.4, -0.2) is 33.6 Å². The van der Waals surface area contributed by atoms with Crippen molar-refractivity contribution in [3.8, 4) is 10.6 Å². The lowest BCUT2D eigenvalue weighted by Crippen LogP contribution is -2.41. The Morgan fingerprint density at radius 2 is 1.97 bits per heavy atom. The third kappa shape index (κ3) is 4.05. The smallest absolute Gasteiger partial charge is 0.223 e. The van der Waals surface area contributed by atoms with Crippen molar-refractivity contribution in [3.05, 3.63) is 71.9 Å². The molecule has 1 N–H and O–H groups in total. The summed E-state index contributed by atoms with van der Waals surface area (Å²) >= 11 is 1.68. The van der Waals surface area contributed by atoms with E-state index < -0.39 is 0 Å². The van der Waals surface area contributed by atoms with Gasteiger partial charge >= 0.3 is 0 Å². The summed E-state index contributed by atoms with van der Waals surface area (Å²) in [5.74, 6) is 1.12. The van der Waals surface area contributed by atoms with Crippen molar-refractivity contribution in [2.45, 2.75) is 25.8 Å². The van der Waals surface area contributed by atoms with Crippen LogP contribution in [0.4, 0.5) is 5.82 Å². The van der Waals surface area contributed by atoms with Gasteiger partial charge in [0.1, 0.15) is 11.2 Å². The first-order valence-corrected chi connectivity index (χ1v) is 11.6. The molecule has 6 nitrogen and oxygen atoms in total. The fourth-order valence-corrected chi connectivity index (χ4v) is 4.89. The number of hydrogen-bond acceptors (Lipinski definition) is 5. The van der Waals surface area contributed by atoms with Crippen LogP contribution >= 0.6 is 11.3 Å². The van der Waals surface area contributed by atoms with Crippen molar-refractivity contribution in [2.24, 2.45) is 5.92 Å². The molecular formula is C24H25N5OS. The Kier molecular flexibility index (Phi) is 5.42. The maximum atomic E-state index is 12.8. The number of carbonyl (C=O) groups is 1. The van der Waals surface area contributed by atoms with E-state index in [0.29, 0.717) is 0 Å². The van der Waals surface area contributed by atoms with Gasteiger partial charge in [0.25, 0.3) is 0 Å². The molecule has 0 aliphatic carbocycles. The Hall–Kier alpha value is -3.19. The van der Waals surface area contributed by atoms with E-state index in [0.717, 1.165) is 53.4 Å². The molecule has 1 amide bonds. The van der Waals surface area contributed by atoms with Crippen molar-refractivity contribution < 1.29 is 4.79 Å². The van der Waals surface area contributed by atoms with E-state index in [-0.39, 0.29) is 17.9 Å². The second-order valence-electron chi connectivity index (χ2n) is 7.99. The first-order chi connectivity index (χ1) is 15.2. The molecular weight excluding hydrogens is 406 g/mol. The van der Waals surface area contributed by atoms with Crippen LogP contribution in [0.1, 0.15) is 31.4 Å². The molecule has 0 radical (unpaired) electrons. The molecule has 1 aliphatic heterocycles. The number of thiophene rings is 1. The number of nitrogens with zero attached hydrogens (tertiary/aromatic N) is 4. The van der Waals surface area contributed by atoms with E-state index in [2.05, 4.69) is 44.8 Å². The van der Waals surface area contributed by atoms with Crippen LogP contribution in [0.15, 0.2) is 66.3 Å². The normalized spacial score (nSPS) is 15.8. The summed E-state index contributed by atoms with van der Waals surface area (Å²) in [6.07, 6.45) is 5.33. The Bertz CT molecular complexity index is 1160. The lowest BCUT2D eigenvalue weighted by Gasteiger charge is -2.32. The molecule has 1 unspecified atom stereocenters. The molecule has 0 spiro atoms. The van der Waals surface area contributed by atoms with Gasteiger partial charge in [0.15, 0.2) is 5.82 Å². The van der Waals surface area contributed by atoms with Crippen molar-refractivity contribution >= 4 is 28.6 Å². The number of hydrogen-bond donors (Lipinski definition) is 1. The average Bonchev–Trinajstić information content (AvgIpc) is 3.49. The summed E-state index contributed by atoms with van der Waals surface area (Å²) in [5, 5.41) is 9.96. The maximum absolute atomic E-state index is 12.8. The van der Waals surface area contributed by atoms with Crippen LogP contribution in [0.5, 0.6) is 0 Å². The van der Waals surface area contributed by atoms with Crippen LogP contribution in [0.2, 0.25) is 0 Å². The molecule has 1 saturated heterocycles. The summed E-state index contributed by atoms with van der Waals surface area (Å²) in [6.45, 7) is 3.66. The third-order valence-corrected chi connectivity index (χ3v) is 6.86. The van der Waals surface area contributed by atoms with E-state index in [1.807, 2.05) is 41.9 Å². The zero-order valence-corrected chi connectivity index (χ0v) is 18.3. The number of nitrogens with one attached hydrogen (secondary N) is 1. The molecule has 5 rings (SSSR count). The second-order valence-corrected chi connectivity index (χ2v) is 8.94. The minimum absolute atomic E-state index is 0.0182. The molecule has 1 aliphatic rings. The SMILES string of the molecule is CC(NC(=O)C1CCN(c2nccn3nc(-c4cccs4)cc23)CC1)c1ccccc1. The predicted molar refractivity (Wildman–Crippen MR) is 124 cm³/mol. The van der Waals surface area contributed by atoms with Gasteiger partial charge in [0.2, 0.25) is 5.91 Å². The highest BCUT2D eigenvalue weighted by atomic mass is 32.1. The van der Waals surface area contributed by atoms with Crippen LogP contribution in [0, 0.1) is 5.92 Å². The van der Waals surface area contributed by atoms with E-state index >= 15 is 0 Å². The highest BCUT2D eigenvalue weighted by Crippen LogP contribution is 2.30. The Balaban J connectivity index is 1.26. The highest BCUT2D eigenvalue weighted by Gasteiger charge is 2.27. The maximum Gasteiger partial charge on any atom is 0.223 e. The Morgan fingerprint density at radius 3 is 2.71 bits per heavy atom. The number of amides is 1. The van der Waals surface area contributed by atoms with Gasteiger partial charge in [-0.15, -0.1) is 11.3 Å². The van der Waals surface area contributed by atoms with E-state index in [1.165, 1.54) is 0 Å². The number of piperidine rings is 1. The zero-order valence-electron chi connectivity index (χ0n) is 17.4. The molecule has 0 saturated carbocycles. The number of aromatic nitrogens is 3. The standard InChI is InChI=1S/C24H25N5OS/c1-17(18-6-3-2-4-7-18)26-24(30)19-9-12-28(13-10-19)23-21-16-20(22-8-5-15-31-22)27-29(21)14-11-25-23/h2-8,11,14-17,19H,9-10,12-13H2,1H3,(H,26,30). The zero-order chi connectivity index (χ0) is 21.2. The first kappa shape index (κ1) is 19.8. The molecule has 4 heterocycles. The monoisotopic (exact) mass is 431 g/mol. The van der Waals surface area contributed by atoms with Crippen LogP contribution in [0.3, 0.4) is 0 Å². The summed E-state index contributed by atoms with van der Waals surface area (Å²) < 4.78 is 1.90. The van der Waals surface area contributed by atoms with E-state index in [1.54, 1.807) is 17.5 Å². The molecule has 31 heavy (non-hydrogen) atoms. The van der Waals surface area contributed by atoms with Crippen LogP contribution in [0.25, 0.3) is 16.1 Å². The summed E-state index contributed by atoms with van der Waals surface area (Å²) in [7, 11) is 0. The molecule has 1 aromatic carbocycles. The Labute approximate surface area is 185 Å². The molecule has 1 fully saturated rings. The molecule has 3 aromatic heterocycles. The minimum atomic E-state index is 0.0182. The van der Waals surface area contributed by atoms with Crippen molar-refractivity contribution in [1.82, 2.24) is 19.9 Å².